The number of sulfonamides is 1. The van der Waals surface area contributed by atoms with Crippen LogP contribution in [0, 0.1) is 0 Å². The lowest BCUT2D eigenvalue weighted by atomic mass is 10.1. The summed E-state index contributed by atoms with van der Waals surface area (Å²) in [6, 6.07) is 14.8. The van der Waals surface area contributed by atoms with Gasteiger partial charge >= 0.3 is 5.97 Å². The number of furan rings is 1. The summed E-state index contributed by atoms with van der Waals surface area (Å²) in [4.78, 5) is 24.7. The summed E-state index contributed by atoms with van der Waals surface area (Å²) in [5, 5.41) is 0.491. The van der Waals surface area contributed by atoms with E-state index in [2.05, 4.69) is 4.72 Å². The van der Waals surface area contributed by atoms with E-state index in [1.165, 1.54) is 37.5 Å². The van der Waals surface area contributed by atoms with Crippen molar-refractivity contribution in [1.29, 1.82) is 0 Å². The monoisotopic (exact) mass is 447 g/mol. The van der Waals surface area contributed by atoms with Crippen molar-refractivity contribution < 1.29 is 27.2 Å². The van der Waals surface area contributed by atoms with Crippen molar-refractivity contribution in [3.8, 4) is 0 Å². The van der Waals surface area contributed by atoms with Crippen molar-refractivity contribution in [2.45, 2.75) is 24.5 Å². The number of halogens is 1. The highest BCUT2D eigenvalue weighted by molar-refractivity contribution is 7.89. The number of ether oxygens (including phenoxy) is 1. The first kappa shape index (κ1) is 21.8. The van der Waals surface area contributed by atoms with Gasteiger partial charge in [-0.15, -0.1) is 0 Å². The average molecular weight is 448 g/mol. The standard InChI is InChI=1S/C21H18ClNO6S/c1-14(20(24)15-4-8-17(22)9-5-15)29-21(25)16-6-10-19(11-7-16)30(26,27)23-13-18-3-2-12-28-18/h2-12,14,23H,13H2,1H3. The van der Waals surface area contributed by atoms with Gasteiger partial charge < -0.3 is 9.15 Å². The number of ketones is 1. The van der Waals surface area contributed by atoms with Gasteiger partial charge in [0.25, 0.3) is 0 Å². The first-order valence-electron chi connectivity index (χ1n) is 8.89. The lowest BCUT2D eigenvalue weighted by Gasteiger charge is -2.13. The number of benzene rings is 2. The number of hydrogen-bond acceptors (Lipinski definition) is 6. The molecule has 0 aliphatic rings. The minimum atomic E-state index is -3.78. The molecule has 3 aromatic rings. The van der Waals surface area contributed by atoms with Crippen LogP contribution in [0.5, 0.6) is 0 Å². The Labute approximate surface area is 178 Å². The Bertz CT molecular complexity index is 1120. The maximum atomic E-state index is 12.4. The zero-order valence-corrected chi connectivity index (χ0v) is 17.4. The fraction of sp³-hybridized carbons (Fsp3) is 0.143. The maximum absolute atomic E-state index is 12.4. The zero-order valence-electron chi connectivity index (χ0n) is 15.9. The Balaban J connectivity index is 1.62. The number of carbonyl (C=O) groups excluding carboxylic acids is 2. The molecule has 1 unspecified atom stereocenters. The Morgan fingerprint density at radius 1 is 1.03 bits per heavy atom. The molecule has 3 rings (SSSR count). The van der Waals surface area contributed by atoms with Gasteiger partial charge in [0.2, 0.25) is 15.8 Å². The average Bonchev–Trinajstić information content (AvgIpc) is 3.26. The predicted octanol–water partition coefficient (Wildman–Crippen LogP) is 3.84. The van der Waals surface area contributed by atoms with Crippen LogP contribution >= 0.6 is 11.6 Å². The van der Waals surface area contributed by atoms with Gasteiger partial charge in [-0.3, -0.25) is 4.79 Å². The third kappa shape index (κ3) is 5.35. The molecular weight excluding hydrogens is 430 g/mol. The third-order valence-electron chi connectivity index (χ3n) is 4.20. The Morgan fingerprint density at radius 2 is 1.67 bits per heavy atom. The van der Waals surface area contributed by atoms with E-state index >= 15 is 0 Å². The van der Waals surface area contributed by atoms with Crippen molar-refractivity contribution in [3.05, 3.63) is 88.8 Å². The van der Waals surface area contributed by atoms with Crippen LogP contribution in [0.4, 0.5) is 0 Å². The van der Waals surface area contributed by atoms with Crippen LogP contribution in [0.3, 0.4) is 0 Å². The van der Waals surface area contributed by atoms with Gasteiger partial charge in [-0.25, -0.2) is 17.9 Å². The van der Waals surface area contributed by atoms with Gasteiger partial charge in [0, 0.05) is 10.6 Å². The summed E-state index contributed by atoms with van der Waals surface area (Å²) in [5.74, 6) is -0.642. The van der Waals surface area contributed by atoms with Crippen molar-refractivity contribution in [2.24, 2.45) is 0 Å². The molecule has 0 aliphatic carbocycles. The quantitative estimate of drug-likeness (QED) is 0.415. The molecule has 1 heterocycles. The molecule has 1 N–H and O–H groups in total. The summed E-state index contributed by atoms with van der Waals surface area (Å²) in [7, 11) is -3.78. The molecular formula is C21H18ClNO6S. The largest absolute Gasteiger partial charge is 0.468 e. The molecule has 2 aromatic carbocycles. The topological polar surface area (TPSA) is 103 Å². The third-order valence-corrected chi connectivity index (χ3v) is 5.87. The first-order valence-corrected chi connectivity index (χ1v) is 10.8. The second-order valence-corrected chi connectivity index (χ2v) is 8.55. The van der Waals surface area contributed by atoms with E-state index in [-0.39, 0.29) is 22.8 Å². The van der Waals surface area contributed by atoms with Crippen LogP contribution in [0.25, 0.3) is 0 Å². The molecule has 7 nitrogen and oxygen atoms in total. The van der Waals surface area contributed by atoms with Gasteiger partial charge in [-0.05, 0) is 67.6 Å². The van der Waals surface area contributed by atoms with E-state index in [0.29, 0.717) is 16.3 Å². The van der Waals surface area contributed by atoms with Gasteiger partial charge in [-0.1, -0.05) is 11.6 Å². The number of rotatable bonds is 8. The number of carbonyl (C=O) groups is 2. The highest BCUT2D eigenvalue weighted by Gasteiger charge is 2.21. The molecule has 1 aromatic heterocycles. The lowest BCUT2D eigenvalue weighted by Crippen LogP contribution is -2.25. The summed E-state index contributed by atoms with van der Waals surface area (Å²) in [6.07, 6.45) is 0.431. The van der Waals surface area contributed by atoms with Crippen molar-refractivity contribution in [1.82, 2.24) is 4.72 Å². The molecule has 0 fully saturated rings. The van der Waals surface area contributed by atoms with Crippen LogP contribution in [0.15, 0.2) is 76.2 Å². The van der Waals surface area contributed by atoms with Gasteiger partial charge in [0.15, 0.2) is 6.10 Å². The molecule has 0 aliphatic heterocycles. The van der Waals surface area contributed by atoms with E-state index in [0.717, 1.165) is 0 Å². The van der Waals surface area contributed by atoms with Gasteiger partial charge in [0.05, 0.1) is 23.3 Å². The molecule has 156 valence electrons. The van der Waals surface area contributed by atoms with Gasteiger partial charge in [0.1, 0.15) is 5.76 Å². The fourth-order valence-electron chi connectivity index (χ4n) is 2.56. The molecule has 0 amide bonds. The fourth-order valence-corrected chi connectivity index (χ4v) is 3.68. The summed E-state index contributed by atoms with van der Waals surface area (Å²) in [6.45, 7) is 1.47. The molecule has 0 spiro atoms. The SMILES string of the molecule is CC(OC(=O)c1ccc(S(=O)(=O)NCc2ccco2)cc1)C(=O)c1ccc(Cl)cc1. The number of hydrogen-bond donors (Lipinski definition) is 1. The Morgan fingerprint density at radius 3 is 2.27 bits per heavy atom. The van der Waals surface area contributed by atoms with Crippen molar-refractivity contribution in [2.75, 3.05) is 0 Å². The Hall–Kier alpha value is -2.94. The summed E-state index contributed by atoms with van der Waals surface area (Å²) in [5.41, 5.74) is 0.486. The molecule has 0 bridgehead atoms. The number of nitrogens with one attached hydrogen (secondary N) is 1. The van der Waals surface area contributed by atoms with Crippen molar-refractivity contribution in [3.63, 3.8) is 0 Å². The van der Waals surface area contributed by atoms with E-state index < -0.39 is 22.1 Å². The minimum Gasteiger partial charge on any atom is -0.468 e. The van der Waals surface area contributed by atoms with Crippen LogP contribution < -0.4 is 4.72 Å². The van der Waals surface area contributed by atoms with Crippen LogP contribution in [-0.4, -0.2) is 26.3 Å². The molecule has 30 heavy (non-hydrogen) atoms. The number of esters is 1. The molecule has 0 saturated carbocycles. The Kier molecular flexibility index (Phi) is 6.71. The lowest BCUT2D eigenvalue weighted by molar-refractivity contribution is 0.0318. The van der Waals surface area contributed by atoms with Crippen LogP contribution in [-0.2, 0) is 21.3 Å². The molecule has 9 heteroatoms. The first-order chi connectivity index (χ1) is 14.3. The van der Waals surface area contributed by atoms with E-state index in [9.17, 15) is 18.0 Å². The van der Waals surface area contributed by atoms with Crippen LogP contribution in [0.1, 0.15) is 33.4 Å². The normalized spacial score (nSPS) is 12.3. The number of Topliss-reactive ketones (excluding diaryl/α,β-unsaturated/α-hetero) is 1. The van der Waals surface area contributed by atoms with Crippen molar-refractivity contribution >= 4 is 33.4 Å². The second-order valence-electron chi connectivity index (χ2n) is 6.35. The zero-order chi connectivity index (χ0) is 21.7. The second kappa shape index (κ2) is 9.25. The highest BCUT2D eigenvalue weighted by atomic mass is 35.5. The maximum Gasteiger partial charge on any atom is 0.338 e. The molecule has 0 radical (unpaired) electrons. The highest BCUT2D eigenvalue weighted by Crippen LogP contribution is 2.15. The molecule has 1 atom stereocenters. The summed E-state index contributed by atoms with van der Waals surface area (Å²) >= 11 is 5.80. The molecule has 0 saturated heterocycles. The van der Waals surface area contributed by atoms with Gasteiger partial charge in [-0.2, -0.15) is 0 Å². The van der Waals surface area contributed by atoms with E-state index in [1.54, 1.807) is 36.4 Å². The predicted molar refractivity (Wildman–Crippen MR) is 110 cm³/mol. The van der Waals surface area contributed by atoms with E-state index in [1.807, 2.05) is 0 Å². The van der Waals surface area contributed by atoms with E-state index in [4.69, 9.17) is 20.8 Å². The summed E-state index contributed by atoms with van der Waals surface area (Å²) < 4.78 is 37.4. The minimum absolute atomic E-state index is 0.00342. The smallest absolute Gasteiger partial charge is 0.338 e. The van der Waals surface area contributed by atoms with Crippen LogP contribution in [0.2, 0.25) is 5.02 Å².